The first-order chi connectivity index (χ1) is 17.0. The Bertz CT molecular complexity index is 1370. The number of ether oxygens (including phenoxy) is 2. The largest absolute Gasteiger partial charge is 0.497 e. The van der Waals surface area contributed by atoms with Gasteiger partial charge in [-0.25, -0.2) is 0 Å². The van der Waals surface area contributed by atoms with Gasteiger partial charge in [0.25, 0.3) is 0 Å². The van der Waals surface area contributed by atoms with Crippen LogP contribution in [0.25, 0.3) is 21.8 Å². The highest BCUT2D eigenvalue weighted by Gasteiger charge is 2.32. The zero-order chi connectivity index (χ0) is 24.4. The third-order valence-corrected chi connectivity index (χ3v) is 6.71. The second-order valence-corrected chi connectivity index (χ2v) is 9.12. The van der Waals surface area contributed by atoms with Crippen molar-refractivity contribution in [3.8, 4) is 11.5 Å². The molecule has 1 aliphatic rings. The predicted octanol–water partition coefficient (Wildman–Crippen LogP) is 3.46. The molecule has 2 amide bonds. The Morgan fingerprint density at radius 3 is 1.94 bits per heavy atom. The van der Waals surface area contributed by atoms with Crippen molar-refractivity contribution in [3.63, 3.8) is 0 Å². The molecule has 8 nitrogen and oxygen atoms in total. The Balaban J connectivity index is 1.19. The van der Waals surface area contributed by atoms with Crippen LogP contribution in [-0.4, -0.2) is 48.6 Å². The van der Waals surface area contributed by atoms with E-state index in [1.807, 2.05) is 48.8 Å². The van der Waals surface area contributed by atoms with E-state index in [0.29, 0.717) is 12.5 Å². The number of nitrogens with one attached hydrogen (secondary N) is 4. The average Bonchev–Trinajstić information content (AvgIpc) is 3.54. The number of aromatic nitrogens is 2. The number of H-pyrrole nitrogens is 2. The second-order valence-electron chi connectivity index (χ2n) is 9.12. The van der Waals surface area contributed by atoms with E-state index in [-0.39, 0.29) is 30.7 Å². The molecule has 2 heterocycles. The fraction of sp³-hybridized carbons (Fsp3) is 0.333. The second kappa shape index (κ2) is 9.74. The molecule has 0 radical (unpaired) electrons. The SMILES string of the molecule is COc1ccc2[nH]cc(CC(=O)NCC(NC(=O)Cc3c[nH]c4ccc(OC)cc34)C3CC3)c2c1. The number of fused-ring (bicyclic) bond motifs is 2. The maximum absolute atomic E-state index is 12.9. The number of carbonyl (C=O) groups is 2. The maximum atomic E-state index is 12.9. The van der Waals surface area contributed by atoms with Gasteiger partial charge < -0.3 is 30.1 Å². The van der Waals surface area contributed by atoms with Crippen molar-refractivity contribution in [2.24, 2.45) is 5.92 Å². The van der Waals surface area contributed by atoms with Gasteiger partial charge >= 0.3 is 0 Å². The van der Waals surface area contributed by atoms with Crippen molar-refractivity contribution in [2.45, 2.75) is 31.7 Å². The quantitative estimate of drug-likeness (QED) is 0.282. The molecule has 35 heavy (non-hydrogen) atoms. The van der Waals surface area contributed by atoms with Crippen LogP contribution in [0.1, 0.15) is 24.0 Å². The first kappa shape index (κ1) is 22.8. The van der Waals surface area contributed by atoms with Gasteiger partial charge in [-0.15, -0.1) is 0 Å². The van der Waals surface area contributed by atoms with Gasteiger partial charge in [0.1, 0.15) is 11.5 Å². The van der Waals surface area contributed by atoms with Crippen LogP contribution in [0.5, 0.6) is 11.5 Å². The molecule has 0 bridgehead atoms. The lowest BCUT2D eigenvalue weighted by molar-refractivity contribution is -0.123. The summed E-state index contributed by atoms with van der Waals surface area (Å²) in [6.07, 6.45) is 6.38. The smallest absolute Gasteiger partial charge is 0.224 e. The minimum atomic E-state index is -0.0748. The highest BCUT2D eigenvalue weighted by Crippen LogP contribution is 2.32. The summed E-state index contributed by atoms with van der Waals surface area (Å²) >= 11 is 0. The normalized spacial score (nSPS) is 14.1. The van der Waals surface area contributed by atoms with Crippen molar-refractivity contribution < 1.29 is 19.1 Å². The van der Waals surface area contributed by atoms with Gasteiger partial charge in [-0.3, -0.25) is 9.59 Å². The lowest BCUT2D eigenvalue weighted by Crippen LogP contribution is -2.45. The Morgan fingerprint density at radius 2 is 1.43 bits per heavy atom. The summed E-state index contributed by atoms with van der Waals surface area (Å²) in [4.78, 5) is 32.0. The molecule has 5 rings (SSSR count). The van der Waals surface area contributed by atoms with Crippen molar-refractivity contribution >= 4 is 33.6 Å². The molecular formula is C27H30N4O4. The summed E-state index contributed by atoms with van der Waals surface area (Å²) in [5.74, 6) is 1.79. The molecule has 2 aromatic heterocycles. The number of carbonyl (C=O) groups excluding carboxylic acids is 2. The van der Waals surface area contributed by atoms with Gasteiger partial charge in [0.2, 0.25) is 11.8 Å². The molecule has 0 saturated heterocycles. The topological polar surface area (TPSA) is 108 Å². The number of rotatable bonds is 10. The molecule has 182 valence electrons. The molecule has 1 fully saturated rings. The zero-order valence-electron chi connectivity index (χ0n) is 19.9. The fourth-order valence-corrected chi connectivity index (χ4v) is 4.59. The van der Waals surface area contributed by atoms with Crippen LogP contribution in [0.4, 0.5) is 0 Å². The van der Waals surface area contributed by atoms with Crippen molar-refractivity contribution in [2.75, 3.05) is 20.8 Å². The van der Waals surface area contributed by atoms with E-state index in [4.69, 9.17) is 9.47 Å². The summed E-state index contributed by atoms with van der Waals surface area (Å²) < 4.78 is 10.6. The van der Waals surface area contributed by atoms with Gasteiger partial charge in [-0.1, -0.05) is 0 Å². The summed E-state index contributed by atoms with van der Waals surface area (Å²) in [6, 6.07) is 11.5. The zero-order valence-corrected chi connectivity index (χ0v) is 19.9. The molecule has 1 atom stereocenters. The van der Waals surface area contributed by atoms with Gasteiger partial charge in [0.05, 0.1) is 27.1 Å². The van der Waals surface area contributed by atoms with Crippen molar-refractivity contribution in [3.05, 3.63) is 59.9 Å². The van der Waals surface area contributed by atoms with Crippen LogP contribution in [0.15, 0.2) is 48.8 Å². The number of hydrogen-bond acceptors (Lipinski definition) is 4. The van der Waals surface area contributed by atoms with Crippen LogP contribution < -0.4 is 20.1 Å². The molecule has 0 aliphatic heterocycles. The lowest BCUT2D eigenvalue weighted by Gasteiger charge is -2.19. The lowest BCUT2D eigenvalue weighted by atomic mass is 10.1. The summed E-state index contributed by atoms with van der Waals surface area (Å²) in [6.45, 7) is 0.419. The van der Waals surface area contributed by atoms with Crippen LogP contribution in [0, 0.1) is 5.92 Å². The van der Waals surface area contributed by atoms with Gasteiger partial charge in [0, 0.05) is 46.8 Å². The summed E-state index contributed by atoms with van der Waals surface area (Å²) in [5.41, 5.74) is 3.77. The number of amides is 2. The van der Waals surface area contributed by atoms with Crippen LogP contribution in [0.2, 0.25) is 0 Å². The minimum absolute atomic E-state index is 0.0522. The number of methoxy groups -OCH3 is 2. The molecule has 4 N–H and O–H groups in total. The first-order valence-electron chi connectivity index (χ1n) is 11.9. The molecule has 0 spiro atoms. The highest BCUT2D eigenvalue weighted by atomic mass is 16.5. The Kier molecular flexibility index (Phi) is 6.35. The first-order valence-corrected chi connectivity index (χ1v) is 11.9. The summed E-state index contributed by atoms with van der Waals surface area (Å²) in [5, 5.41) is 8.12. The maximum Gasteiger partial charge on any atom is 0.224 e. The standard InChI is InChI=1S/C27H30N4O4/c1-34-19-5-7-23-21(11-19)17(13-28-23)9-26(32)30-15-25(16-3-4-16)31-27(33)10-18-14-29-24-8-6-20(35-2)12-22(18)24/h5-8,11-14,16,25,28-29H,3-4,9-10,15H2,1-2H3,(H,30,32)(H,31,33). The Hall–Kier alpha value is -3.94. The molecule has 4 aromatic rings. The highest BCUT2D eigenvalue weighted by molar-refractivity contribution is 5.91. The monoisotopic (exact) mass is 474 g/mol. The van der Waals surface area contributed by atoms with E-state index < -0.39 is 0 Å². The van der Waals surface area contributed by atoms with E-state index in [9.17, 15) is 9.59 Å². The van der Waals surface area contributed by atoms with E-state index in [1.54, 1.807) is 14.2 Å². The van der Waals surface area contributed by atoms with Gasteiger partial charge in [0.15, 0.2) is 0 Å². The minimum Gasteiger partial charge on any atom is -0.497 e. The van der Waals surface area contributed by atoms with E-state index in [2.05, 4.69) is 20.6 Å². The van der Waals surface area contributed by atoms with Crippen LogP contribution >= 0.6 is 0 Å². The molecule has 1 aliphatic carbocycles. The van der Waals surface area contributed by atoms with Gasteiger partial charge in [-0.05, 0) is 66.3 Å². The third-order valence-electron chi connectivity index (χ3n) is 6.71. The average molecular weight is 475 g/mol. The number of hydrogen-bond donors (Lipinski definition) is 4. The predicted molar refractivity (Wildman–Crippen MR) is 135 cm³/mol. The molecule has 2 aromatic carbocycles. The van der Waals surface area contributed by atoms with Crippen molar-refractivity contribution in [1.29, 1.82) is 0 Å². The van der Waals surface area contributed by atoms with E-state index >= 15 is 0 Å². The molecule has 1 unspecified atom stereocenters. The van der Waals surface area contributed by atoms with E-state index in [1.165, 1.54) is 0 Å². The Labute approximate surface area is 203 Å². The fourth-order valence-electron chi connectivity index (χ4n) is 4.59. The van der Waals surface area contributed by atoms with E-state index in [0.717, 1.165) is 57.3 Å². The van der Waals surface area contributed by atoms with Crippen molar-refractivity contribution in [1.82, 2.24) is 20.6 Å². The molecular weight excluding hydrogens is 444 g/mol. The van der Waals surface area contributed by atoms with Crippen LogP contribution in [0.3, 0.4) is 0 Å². The molecule has 8 heteroatoms. The molecule has 1 saturated carbocycles. The van der Waals surface area contributed by atoms with Gasteiger partial charge in [-0.2, -0.15) is 0 Å². The number of aromatic amines is 2. The number of benzene rings is 2. The Morgan fingerprint density at radius 1 is 0.886 bits per heavy atom. The summed E-state index contributed by atoms with van der Waals surface area (Å²) in [7, 11) is 3.26. The third kappa shape index (κ3) is 5.11. The van der Waals surface area contributed by atoms with Crippen LogP contribution in [-0.2, 0) is 22.4 Å².